The number of ether oxygens (including phenoxy) is 1. The first-order valence-electron chi connectivity index (χ1n) is 10.8. The molecule has 0 saturated heterocycles. The van der Waals surface area contributed by atoms with Crippen LogP contribution in [-0.4, -0.2) is 34.5 Å². The van der Waals surface area contributed by atoms with Crippen molar-refractivity contribution in [2.24, 2.45) is 29.6 Å². The molecule has 2 aromatic heterocycles. The van der Waals surface area contributed by atoms with Gasteiger partial charge < -0.3 is 15.0 Å². The third-order valence-electron chi connectivity index (χ3n) is 6.56. The molecule has 29 heavy (non-hydrogen) atoms. The first kappa shape index (κ1) is 19.9. The van der Waals surface area contributed by atoms with Crippen LogP contribution in [0.25, 0.3) is 11.2 Å². The predicted molar refractivity (Wildman–Crippen MR) is 114 cm³/mol. The largest absolute Gasteiger partial charge is 0.481 e. The first-order chi connectivity index (χ1) is 13.9. The van der Waals surface area contributed by atoms with Gasteiger partial charge in [-0.15, -0.1) is 0 Å². The minimum absolute atomic E-state index is 0.242. The van der Waals surface area contributed by atoms with Crippen molar-refractivity contribution in [2.75, 3.05) is 13.7 Å². The average Bonchev–Trinajstić information content (AvgIpc) is 3.47. The molecule has 1 fully saturated rings. The molecule has 2 aliphatic rings. The van der Waals surface area contributed by atoms with Gasteiger partial charge in [-0.05, 0) is 55.9 Å². The number of amides is 1. The summed E-state index contributed by atoms with van der Waals surface area (Å²) in [7, 11) is 1.62. The van der Waals surface area contributed by atoms with Gasteiger partial charge in [0, 0.05) is 24.9 Å². The predicted octanol–water partition coefficient (Wildman–Crippen LogP) is 3.89. The van der Waals surface area contributed by atoms with Crippen LogP contribution in [0, 0.1) is 29.6 Å². The highest BCUT2D eigenvalue weighted by Crippen LogP contribution is 2.39. The topological polar surface area (TPSA) is 79.9 Å². The quantitative estimate of drug-likeness (QED) is 0.696. The smallest absolute Gasteiger partial charge is 0.223 e. The van der Waals surface area contributed by atoms with E-state index in [-0.39, 0.29) is 11.8 Å². The molecule has 2 aromatic rings. The lowest BCUT2D eigenvalue weighted by molar-refractivity contribution is -0.122. The molecule has 0 aliphatic heterocycles. The minimum atomic E-state index is 0.242. The number of carbonyl (C=O) groups is 1. The number of aromatic amines is 1. The molecule has 2 aliphatic carbocycles. The van der Waals surface area contributed by atoms with Gasteiger partial charge in [0.25, 0.3) is 0 Å². The molecule has 2 N–H and O–H groups in total. The van der Waals surface area contributed by atoms with E-state index in [1.807, 2.05) is 12.1 Å². The number of rotatable bonds is 7. The molecule has 1 amide bonds. The lowest BCUT2D eigenvalue weighted by Gasteiger charge is -2.37. The summed E-state index contributed by atoms with van der Waals surface area (Å²) in [6.07, 6.45) is 6.51. The number of aromatic nitrogens is 3. The summed E-state index contributed by atoms with van der Waals surface area (Å²) in [5.74, 6) is 4.08. The van der Waals surface area contributed by atoms with Crippen LogP contribution >= 0.6 is 0 Å². The lowest BCUT2D eigenvalue weighted by atomic mass is 9.69. The van der Waals surface area contributed by atoms with Crippen LogP contribution < -0.4 is 10.1 Å². The van der Waals surface area contributed by atoms with Gasteiger partial charge in [-0.2, -0.15) is 4.98 Å². The number of hydrogen-bond acceptors (Lipinski definition) is 4. The molecule has 0 bridgehead atoms. The molecular weight excluding hydrogens is 364 g/mol. The molecule has 3 unspecified atom stereocenters. The molecule has 2 heterocycles. The summed E-state index contributed by atoms with van der Waals surface area (Å²) < 4.78 is 5.21. The van der Waals surface area contributed by atoms with Gasteiger partial charge in [0.2, 0.25) is 11.8 Å². The van der Waals surface area contributed by atoms with Gasteiger partial charge in [-0.25, -0.2) is 4.98 Å². The van der Waals surface area contributed by atoms with Crippen LogP contribution in [-0.2, 0) is 11.2 Å². The van der Waals surface area contributed by atoms with E-state index in [1.165, 1.54) is 5.57 Å². The molecule has 1 saturated carbocycles. The van der Waals surface area contributed by atoms with E-state index in [9.17, 15) is 4.79 Å². The highest BCUT2D eigenvalue weighted by Gasteiger charge is 2.34. The maximum atomic E-state index is 12.1. The Hall–Kier alpha value is -2.37. The Morgan fingerprint density at radius 1 is 1.31 bits per heavy atom. The third-order valence-corrected chi connectivity index (χ3v) is 6.56. The van der Waals surface area contributed by atoms with Gasteiger partial charge in [-0.1, -0.05) is 25.5 Å². The summed E-state index contributed by atoms with van der Waals surface area (Å²) in [6.45, 7) is 7.57. The Bertz CT molecular complexity index is 913. The number of pyridine rings is 1. The number of methoxy groups -OCH3 is 1. The van der Waals surface area contributed by atoms with Gasteiger partial charge in [0.05, 0.1) is 12.6 Å². The van der Waals surface area contributed by atoms with Crippen LogP contribution in [0.2, 0.25) is 0 Å². The van der Waals surface area contributed by atoms with Crippen LogP contribution in [0.5, 0.6) is 5.88 Å². The van der Waals surface area contributed by atoms with E-state index >= 15 is 0 Å². The fourth-order valence-electron chi connectivity index (χ4n) is 4.58. The number of carbonyl (C=O) groups excluding carboxylic acids is 1. The SMILES string of the molecule is COc1ccc2[nH]c(CC3CC(C(C)C)C(CNC(=O)C4CC4)C=C3C)nc2n1. The van der Waals surface area contributed by atoms with Crippen molar-refractivity contribution in [2.45, 2.75) is 46.5 Å². The summed E-state index contributed by atoms with van der Waals surface area (Å²) >= 11 is 0. The summed E-state index contributed by atoms with van der Waals surface area (Å²) in [4.78, 5) is 24.6. The number of nitrogens with zero attached hydrogens (tertiary/aromatic N) is 2. The fourth-order valence-corrected chi connectivity index (χ4v) is 4.58. The van der Waals surface area contributed by atoms with Gasteiger partial charge >= 0.3 is 0 Å². The van der Waals surface area contributed by atoms with E-state index in [0.29, 0.717) is 35.2 Å². The minimum Gasteiger partial charge on any atom is -0.481 e. The second kappa shape index (κ2) is 8.17. The molecule has 0 spiro atoms. The number of hydrogen-bond donors (Lipinski definition) is 2. The Labute approximate surface area is 172 Å². The Kier molecular flexibility index (Phi) is 5.61. The molecule has 0 aromatic carbocycles. The van der Waals surface area contributed by atoms with Crippen LogP contribution in [0.15, 0.2) is 23.8 Å². The van der Waals surface area contributed by atoms with E-state index in [4.69, 9.17) is 9.72 Å². The number of nitrogens with one attached hydrogen (secondary N) is 2. The zero-order chi connectivity index (χ0) is 20.5. The van der Waals surface area contributed by atoms with Gasteiger partial charge in [0.1, 0.15) is 5.82 Å². The van der Waals surface area contributed by atoms with Crippen molar-refractivity contribution >= 4 is 17.1 Å². The zero-order valence-corrected chi connectivity index (χ0v) is 17.9. The summed E-state index contributed by atoms with van der Waals surface area (Å²) in [5, 5.41) is 3.19. The van der Waals surface area contributed by atoms with E-state index in [0.717, 1.165) is 43.6 Å². The monoisotopic (exact) mass is 396 g/mol. The Morgan fingerprint density at radius 2 is 2.10 bits per heavy atom. The van der Waals surface area contributed by atoms with Crippen molar-refractivity contribution in [3.63, 3.8) is 0 Å². The number of imidazole rings is 1. The Balaban J connectivity index is 1.47. The maximum Gasteiger partial charge on any atom is 0.223 e. The molecule has 3 atom stereocenters. The van der Waals surface area contributed by atoms with Gasteiger partial charge in [-0.3, -0.25) is 4.79 Å². The third kappa shape index (κ3) is 4.46. The van der Waals surface area contributed by atoms with E-state index in [2.05, 4.69) is 42.1 Å². The van der Waals surface area contributed by atoms with Crippen LogP contribution in [0.4, 0.5) is 0 Å². The van der Waals surface area contributed by atoms with Crippen molar-refractivity contribution in [1.82, 2.24) is 20.3 Å². The average molecular weight is 397 g/mol. The van der Waals surface area contributed by atoms with Crippen molar-refractivity contribution < 1.29 is 9.53 Å². The van der Waals surface area contributed by atoms with Crippen LogP contribution in [0.1, 0.15) is 45.9 Å². The second-order valence-electron chi connectivity index (χ2n) is 9.05. The van der Waals surface area contributed by atoms with Crippen molar-refractivity contribution in [3.8, 4) is 5.88 Å². The highest BCUT2D eigenvalue weighted by molar-refractivity contribution is 5.80. The number of allylic oxidation sites excluding steroid dienone is 1. The Morgan fingerprint density at radius 3 is 2.79 bits per heavy atom. The summed E-state index contributed by atoms with van der Waals surface area (Å²) in [6, 6.07) is 3.82. The van der Waals surface area contributed by atoms with Crippen molar-refractivity contribution in [1.29, 1.82) is 0 Å². The van der Waals surface area contributed by atoms with Crippen molar-refractivity contribution in [3.05, 3.63) is 29.6 Å². The molecule has 156 valence electrons. The molecular formula is C23H32N4O2. The molecule has 0 radical (unpaired) electrons. The van der Waals surface area contributed by atoms with Gasteiger partial charge in [0.15, 0.2) is 5.65 Å². The molecule has 6 nitrogen and oxygen atoms in total. The number of fused-ring (bicyclic) bond motifs is 1. The number of H-pyrrole nitrogens is 1. The molecule has 6 heteroatoms. The standard InChI is InChI=1S/C23H32N4O2/c1-13(2)18-10-16(14(3)9-17(18)12-24-23(28)15-5-6-15)11-20-25-19-7-8-21(29-4)27-22(19)26-20/h7-9,13,15-18H,5-6,10-12H2,1-4H3,(H,24,28)(H,25,26,27). The zero-order valence-electron chi connectivity index (χ0n) is 17.9. The second-order valence-corrected chi connectivity index (χ2v) is 9.05. The highest BCUT2D eigenvalue weighted by atomic mass is 16.5. The first-order valence-corrected chi connectivity index (χ1v) is 10.8. The van der Waals surface area contributed by atoms with E-state index < -0.39 is 0 Å². The summed E-state index contributed by atoms with van der Waals surface area (Å²) in [5.41, 5.74) is 3.05. The lowest BCUT2D eigenvalue weighted by Crippen LogP contribution is -2.37. The molecule has 4 rings (SSSR count). The maximum absolute atomic E-state index is 12.1. The normalized spacial score (nSPS) is 24.6. The fraction of sp³-hybridized carbons (Fsp3) is 0.609. The van der Waals surface area contributed by atoms with Crippen LogP contribution in [0.3, 0.4) is 0 Å². The van der Waals surface area contributed by atoms with E-state index in [1.54, 1.807) is 7.11 Å².